The third kappa shape index (κ3) is 5.26. The quantitative estimate of drug-likeness (QED) is 0.615. The first-order valence-electron chi connectivity index (χ1n) is 9.01. The van der Waals surface area contributed by atoms with Crippen LogP contribution in [0.3, 0.4) is 0 Å². The summed E-state index contributed by atoms with van der Waals surface area (Å²) in [7, 11) is 0. The van der Waals surface area contributed by atoms with Crippen molar-refractivity contribution in [2.75, 3.05) is 11.9 Å². The fourth-order valence-corrected chi connectivity index (χ4v) is 2.79. The van der Waals surface area contributed by atoms with Gasteiger partial charge in [0, 0.05) is 18.5 Å². The van der Waals surface area contributed by atoms with Gasteiger partial charge >= 0.3 is 5.97 Å². The number of nitrogens with zero attached hydrogens (tertiary/aromatic N) is 1. The summed E-state index contributed by atoms with van der Waals surface area (Å²) in [5.74, 6) is -0.337. The van der Waals surface area contributed by atoms with E-state index in [2.05, 4.69) is 15.3 Å². The Morgan fingerprint density at radius 1 is 1.14 bits per heavy atom. The molecular weight excluding hydrogens is 358 g/mol. The molecule has 0 atom stereocenters. The summed E-state index contributed by atoms with van der Waals surface area (Å²) < 4.78 is 4.99. The number of carbonyl (C=O) groups excluding carboxylic acids is 2. The maximum Gasteiger partial charge on any atom is 0.306 e. The maximum absolute atomic E-state index is 12.0. The van der Waals surface area contributed by atoms with Gasteiger partial charge < -0.3 is 15.0 Å². The lowest BCUT2D eigenvalue weighted by molar-refractivity contribution is -0.147. The monoisotopic (exact) mass is 379 g/mol. The van der Waals surface area contributed by atoms with E-state index in [-0.39, 0.29) is 24.5 Å². The number of nitrogens with one attached hydrogen (secondary N) is 2. The average molecular weight is 379 g/mol. The maximum atomic E-state index is 12.0. The fourth-order valence-electron chi connectivity index (χ4n) is 2.79. The largest absolute Gasteiger partial charge is 0.456 e. The molecule has 0 spiro atoms. The van der Waals surface area contributed by atoms with Crippen molar-refractivity contribution < 1.29 is 14.3 Å². The number of carbonyl (C=O) groups is 2. The van der Waals surface area contributed by atoms with E-state index < -0.39 is 5.97 Å². The van der Waals surface area contributed by atoms with Crippen LogP contribution in [0.5, 0.6) is 0 Å². The van der Waals surface area contributed by atoms with Gasteiger partial charge in [0.25, 0.3) is 11.5 Å². The van der Waals surface area contributed by atoms with E-state index in [4.69, 9.17) is 4.74 Å². The van der Waals surface area contributed by atoms with Crippen molar-refractivity contribution in [1.29, 1.82) is 0 Å². The number of hydrogen-bond acceptors (Lipinski definition) is 5. The van der Waals surface area contributed by atoms with Gasteiger partial charge in [-0.25, -0.2) is 4.98 Å². The molecule has 28 heavy (non-hydrogen) atoms. The van der Waals surface area contributed by atoms with E-state index in [1.54, 1.807) is 24.3 Å². The summed E-state index contributed by atoms with van der Waals surface area (Å²) >= 11 is 0. The number of aromatic nitrogens is 2. The van der Waals surface area contributed by atoms with Gasteiger partial charge in [-0.1, -0.05) is 24.3 Å². The summed E-state index contributed by atoms with van der Waals surface area (Å²) in [4.78, 5) is 42.8. The fraction of sp³-hybridized carbons (Fsp3) is 0.238. The number of fused-ring (bicyclic) bond motifs is 1. The first-order valence-corrected chi connectivity index (χ1v) is 9.01. The van der Waals surface area contributed by atoms with Crippen LogP contribution in [0.1, 0.15) is 24.2 Å². The molecule has 7 heteroatoms. The number of para-hydroxylation sites is 1. The van der Waals surface area contributed by atoms with Gasteiger partial charge in [0.05, 0.1) is 10.9 Å². The molecule has 0 bridgehead atoms. The Labute approximate surface area is 161 Å². The van der Waals surface area contributed by atoms with Crippen LogP contribution in [0.25, 0.3) is 10.9 Å². The molecule has 144 valence electrons. The van der Waals surface area contributed by atoms with Crippen LogP contribution in [0.4, 0.5) is 5.69 Å². The Balaban J connectivity index is 1.43. The van der Waals surface area contributed by atoms with E-state index in [0.29, 0.717) is 35.3 Å². The van der Waals surface area contributed by atoms with Crippen molar-refractivity contribution in [3.8, 4) is 0 Å². The zero-order valence-electron chi connectivity index (χ0n) is 15.5. The van der Waals surface area contributed by atoms with Crippen LogP contribution in [-0.4, -0.2) is 28.5 Å². The molecule has 3 aromatic rings. The average Bonchev–Trinajstić information content (AvgIpc) is 2.66. The Morgan fingerprint density at radius 3 is 2.79 bits per heavy atom. The minimum atomic E-state index is -0.470. The molecule has 1 heterocycles. The Morgan fingerprint density at radius 2 is 1.96 bits per heavy atom. The van der Waals surface area contributed by atoms with Gasteiger partial charge in [-0.3, -0.25) is 14.4 Å². The smallest absolute Gasteiger partial charge is 0.306 e. The van der Waals surface area contributed by atoms with Crippen LogP contribution in [-0.2, 0) is 20.7 Å². The molecule has 0 radical (unpaired) electrons. The second-order valence-corrected chi connectivity index (χ2v) is 6.46. The number of anilines is 1. The Bertz CT molecular complexity index is 1060. The minimum absolute atomic E-state index is 0.133. The molecule has 3 rings (SSSR count). The number of ether oxygens (including phenoxy) is 1. The normalized spacial score (nSPS) is 10.6. The van der Waals surface area contributed by atoms with Crippen molar-refractivity contribution >= 4 is 28.5 Å². The number of rotatable bonds is 7. The highest BCUT2D eigenvalue weighted by Crippen LogP contribution is 2.10. The van der Waals surface area contributed by atoms with Crippen molar-refractivity contribution in [2.24, 2.45) is 0 Å². The highest BCUT2D eigenvalue weighted by molar-refractivity contribution is 5.92. The number of hydrogen-bond donors (Lipinski definition) is 2. The topological polar surface area (TPSA) is 101 Å². The molecule has 0 saturated carbocycles. The predicted octanol–water partition coefficient (Wildman–Crippen LogP) is 2.74. The molecule has 2 N–H and O–H groups in total. The van der Waals surface area contributed by atoms with Gasteiger partial charge in [-0.15, -0.1) is 0 Å². The molecule has 1 amide bonds. The Kier molecular flexibility index (Phi) is 6.16. The van der Waals surface area contributed by atoms with Crippen LogP contribution < -0.4 is 10.9 Å². The van der Waals surface area contributed by atoms with Crippen LogP contribution in [0.2, 0.25) is 0 Å². The third-order valence-electron chi connectivity index (χ3n) is 4.12. The third-order valence-corrected chi connectivity index (χ3v) is 4.12. The molecule has 0 saturated heterocycles. The first kappa shape index (κ1) is 19.3. The molecule has 7 nitrogen and oxygen atoms in total. The highest BCUT2D eigenvalue weighted by Gasteiger charge is 2.09. The van der Waals surface area contributed by atoms with Crippen LogP contribution in [0, 0.1) is 6.92 Å². The zero-order chi connectivity index (χ0) is 19.9. The first-order chi connectivity index (χ1) is 13.5. The zero-order valence-corrected chi connectivity index (χ0v) is 15.5. The van der Waals surface area contributed by atoms with Gasteiger partial charge in [0.2, 0.25) is 0 Å². The van der Waals surface area contributed by atoms with Gasteiger partial charge in [-0.05, 0) is 43.2 Å². The van der Waals surface area contributed by atoms with Gasteiger partial charge in [-0.2, -0.15) is 0 Å². The molecule has 0 fully saturated rings. The molecule has 0 aliphatic rings. The molecule has 2 aromatic carbocycles. The molecule has 0 unspecified atom stereocenters. The van der Waals surface area contributed by atoms with E-state index >= 15 is 0 Å². The number of benzene rings is 2. The molecule has 0 aliphatic heterocycles. The van der Waals surface area contributed by atoms with Crippen molar-refractivity contribution in [3.05, 3.63) is 70.3 Å². The van der Waals surface area contributed by atoms with Crippen molar-refractivity contribution in [2.45, 2.75) is 26.2 Å². The number of esters is 1. The van der Waals surface area contributed by atoms with E-state index in [1.165, 1.54) is 0 Å². The molecule has 1 aromatic heterocycles. The summed E-state index contributed by atoms with van der Waals surface area (Å²) in [6, 6.07) is 14.4. The van der Waals surface area contributed by atoms with Crippen LogP contribution in [0.15, 0.2) is 53.3 Å². The van der Waals surface area contributed by atoms with Crippen LogP contribution >= 0.6 is 0 Å². The highest BCUT2D eigenvalue weighted by atomic mass is 16.5. The van der Waals surface area contributed by atoms with E-state index in [9.17, 15) is 14.4 Å². The number of aromatic amines is 1. The number of amides is 1. The lowest BCUT2D eigenvalue weighted by Gasteiger charge is -2.07. The summed E-state index contributed by atoms with van der Waals surface area (Å²) in [6.45, 7) is 1.59. The van der Waals surface area contributed by atoms with Gasteiger partial charge in [0.15, 0.2) is 6.61 Å². The van der Waals surface area contributed by atoms with Gasteiger partial charge in [0.1, 0.15) is 5.82 Å². The predicted molar refractivity (Wildman–Crippen MR) is 106 cm³/mol. The molecule has 0 aliphatic carbocycles. The van der Waals surface area contributed by atoms with Crippen molar-refractivity contribution in [3.63, 3.8) is 0 Å². The van der Waals surface area contributed by atoms with Crippen molar-refractivity contribution in [1.82, 2.24) is 9.97 Å². The van der Waals surface area contributed by atoms with E-state index in [1.807, 2.05) is 31.2 Å². The standard InChI is InChI=1S/C21H21N3O4/c1-14-6-4-7-15(12-14)22-19(25)13-28-20(26)11-5-10-18-23-17-9-3-2-8-16(17)21(27)24-18/h2-4,6-9,12H,5,10-11,13H2,1H3,(H,22,25)(H,23,24,27). The summed E-state index contributed by atoms with van der Waals surface area (Å²) in [6.07, 6.45) is 1.03. The summed E-state index contributed by atoms with van der Waals surface area (Å²) in [5, 5.41) is 3.21. The number of H-pyrrole nitrogens is 1. The second kappa shape index (κ2) is 8.94. The lowest BCUT2D eigenvalue weighted by atomic mass is 10.2. The number of aryl methyl sites for hydroxylation is 2. The van der Waals surface area contributed by atoms with E-state index in [0.717, 1.165) is 5.56 Å². The summed E-state index contributed by atoms with van der Waals surface area (Å²) in [5.41, 5.74) is 2.11. The minimum Gasteiger partial charge on any atom is -0.456 e. The second-order valence-electron chi connectivity index (χ2n) is 6.46. The lowest BCUT2D eigenvalue weighted by Crippen LogP contribution is -2.21. The SMILES string of the molecule is Cc1cccc(NC(=O)COC(=O)CCCc2nc3ccccc3c(=O)[nH]2)c1. The Hall–Kier alpha value is -3.48. The molecular formula is C21H21N3O4.